The van der Waals surface area contributed by atoms with Crippen LogP contribution in [0.1, 0.15) is 25.7 Å². The van der Waals surface area contributed by atoms with Crippen LogP contribution in [0.25, 0.3) is 11.3 Å². The minimum absolute atomic E-state index is 0.0732. The standard InChI is InChI=1S/C17H17N3O2S/c21-15(11-1-2-11)18-13-7-5-10(6-8-13)14-9-23-17(19-14)20-16(22)12-3-4-12/h5-9,11-12H,1-4H2,(H,18,21)(H,19,20,22). The number of anilines is 2. The number of nitrogens with zero attached hydrogens (tertiary/aromatic N) is 1. The van der Waals surface area contributed by atoms with Crippen molar-refractivity contribution in [3.8, 4) is 11.3 Å². The van der Waals surface area contributed by atoms with E-state index >= 15 is 0 Å². The van der Waals surface area contributed by atoms with Crippen molar-refractivity contribution >= 4 is 34.0 Å². The van der Waals surface area contributed by atoms with Crippen molar-refractivity contribution in [2.24, 2.45) is 11.8 Å². The summed E-state index contributed by atoms with van der Waals surface area (Å²) >= 11 is 1.43. The minimum Gasteiger partial charge on any atom is -0.326 e. The largest absolute Gasteiger partial charge is 0.326 e. The summed E-state index contributed by atoms with van der Waals surface area (Å²) in [5.74, 6) is 0.558. The van der Waals surface area contributed by atoms with Gasteiger partial charge in [-0.3, -0.25) is 9.59 Å². The van der Waals surface area contributed by atoms with E-state index in [1.165, 1.54) is 11.3 Å². The number of benzene rings is 1. The lowest BCUT2D eigenvalue weighted by Crippen LogP contribution is -2.13. The molecule has 0 saturated heterocycles. The van der Waals surface area contributed by atoms with Crippen molar-refractivity contribution in [3.63, 3.8) is 0 Å². The third-order valence-corrected chi connectivity index (χ3v) is 4.84. The van der Waals surface area contributed by atoms with Crippen molar-refractivity contribution in [2.75, 3.05) is 10.6 Å². The molecule has 2 saturated carbocycles. The summed E-state index contributed by atoms with van der Waals surface area (Å²) in [7, 11) is 0. The van der Waals surface area contributed by atoms with E-state index in [0.717, 1.165) is 42.6 Å². The van der Waals surface area contributed by atoms with Crippen molar-refractivity contribution < 1.29 is 9.59 Å². The van der Waals surface area contributed by atoms with Crippen LogP contribution >= 0.6 is 11.3 Å². The van der Waals surface area contributed by atoms with Crippen LogP contribution in [0.4, 0.5) is 10.8 Å². The number of carbonyl (C=O) groups is 2. The molecule has 2 aliphatic rings. The third kappa shape index (κ3) is 3.42. The Kier molecular flexibility index (Phi) is 3.61. The molecule has 0 aliphatic heterocycles. The lowest BCUT2D eigenvalue weighted by Gasteiger charge is -2.04. The molecule has 118 valence electrons. The molecule has 0 spiro atoms. The van der Waals surface area contributed by atoms with Gasteiger partial charge >= 0.3 is 0 Å². The number of rotatable bonds is 5. The first kappa shape index (κ1) is 14.4. The topological polar surface area (TPSA) is 71.1 Å². The minimum atomic E-state index is 0.0732. The molecule has 5 nitrogen and oxygen atoms in total. The number of hydrogen-bond donors (Lipinski definition) is 2. The molecule has 23 heavy (non-hydrogen) atoms. The smallest absolute Gasteiger partial charge is 0.229 e. The van der Waals surface area contributed by atoms with Gasteiger partial charge in [0.05, 0.1) is 5.69 Å². The summed E-state index contributed by atoms with van der Waals surface area (Å²) in [5.41, 5.74) is 2.61. The van der Waals surface area contributed by atoms with Gasteiger partial charge in [0.25, 0.3) is 0 Å². The van der Waals surface area contributed by atoms with Gasteiger partial charge in [0.1, 0.15) is 0 Å². The summed E-state index contributed by atoms with van der Waals surface area (Å²) in [5, 5.41) is 8.35. The zero-order valence-electron chi connectivity index (χ0n) is 12.5. The molecule has 2 aliphatic carbocycles. The summed E-state index contributed by atoms with van der Waals surface area (Å²) < 4.78 is 0. The Hall–Kier alpha value is -2.21. The van der Waals surface area contributed by atoms with E-state index in [1.807, 2.05) is 29.6 Å². The Labute approximate surface area is 138 Å². The molecule has 4 rings (SSSR count). The monoisotopic (exact) mass is 327 g/mol. The highest BCUT2D eigenvalue weighted by atomic mass is 32.1. The van der Waals surface area contributed by atoms with Gasteiger partial charge in [-0.05, 0) is 37.8 Å². The normalized spacial score (nSPS) is 16.9. The average Bonchev–Trinajstić information content (AvgIpc) is 3.45. The van der Waals surface area contributed by atoms with E-state index in [1.54, 1.807) is 0 Å². The maximum atomic E-state index is 11.7. The Bertz CT molecular complexity index is 745. The quantitative estimate of drug-likeness (QED) is 0.883. The van der Waals surface area contributed by atoms with Crippen molar-refractivity contribution in [1.29, 1.82) is 0 Å². The Morgan fingerprint density at radius 2 is 1.57 bits per heavy atom. The molecule has 0 radical (unpaired) electrons. The van der Waals surface area contributed by atoms with Gasteiger partial charge in [0, 0.05) is 28.5 Å². The van der Waals surface area contributed by atoms with Crippen LogP contribution < -0.4 is 10.6 Å². The zero-order valence-corrected chi connectivity index (χ0v) is 13.4. The van der Waals surface area contributed by atoms with Crippen molar-refractivity contribution in [1.82, 2.24) is 4.98 Å². The van der Waals surface area contributed by atoms with E-state index < -0.39 is 0 Å². The Morgan fingerprint density at radius 1 is 0.957 bits per heavy atom. The second-order valence-corrected chi connectivity index (χ2v) is 7.00. The summed E-state index contributed by atoms with van der Waals surface area (Å²) in [4.78, 5) is 27.9. The average molecular weight is 327 g/mol. The summed E-state index contributed by atoms with van der Waals surface area (Å²) in [6, 6.07) is 7.64. The number of aromatic nitrogens is 1. The van der Waals surface area contributed by atoms with Crippen LogP contribution in [0.15, 0.2) is 29.6 Å². The van der Waals surface area contributed by atoms with Crippen LogP contribution in [0, 0.1) is 11.8 Å². The molecule has 1 aromatic heterocycles. The van der Waals surface area contributed by atoms with Crippen LogP contribution in [0.2, 0.25) is 0 Å². The zero-order chi connectivity index (χ0) is 15.8. The maximum absolute atomic E-state index is 11.7. The van der Waals surface area contributed by atoms with E-state index in [0.29, 0.717) is 5.13 Å². The molecule has 0 atom stereocenters. The number of nitrogens with one attached hydrogen (secondary N) is 2. The molecular formula is C17H17N3O2S. The highest BCUT2D eigenvalue weighted by Crippen LogP contribution is 2.32. The van der Waals surface area contributed by atoms with E-state index in [2.05, 4.69) is 15.6 Å². The first-order valence-corrected chi connectivity index (χ1v) is 8.75. The van der Waals surface area contributed by atoms with E-state index in [-0.39, 0.29) is 23.7 Å². The maximum Gasteiger partial charge on any atom is 0.229 e. The number of hydrogen-bond acceptors (Lipinski definition) is 4. The lowest BCUT2D eigenvalue weighted by atomic mass is 10.1. The van der Waals surface area contributed by atoms with Crippen molar-refractivity contribution in [2.45, 2.75) is 25.7 Å². The van der Waals surface area contributed by atoms with Crippen LogP contribution in [0.3, 0.4) is 0 Å². The van der Waals surface area contributed by atoms with Gasteiger partial charge in [-0.25, -0.2) is 4.98 Å². The van der Waals surface area contributed by atoms with Crippen LogP contribution in [-0.2, 0) is 9.59 Å². The summed E-state index contributed by atoms with van der Waals surface area (Å²) in [6.45, 7) is 0. The molecule has 6 heteroatoms. The second kappa shape index (κ2) is 5.77. The number of thiazole rings is 1. The molecule has 0 bridgehead atoms. The van der Waals surface area contributed by atoms with Gasteiger partial charge in [0.15, 0.2) is 5.13 Å². The van der Waals surface area contributed by atoms with Crippen LogP contribution in [0.5, 0.6) is 0 Å². The molecule has 2 amide bonds. The fourth-order valence-electron chi connectivity index (χ4n) is 2.33. The van der Waals surface area contributed by atoms with Gasteiger partial charge < -0.3 is 10.6 Å². The molecule has 1 aromatic carbocycles. The molecular weight excluding hydrogens is 310 g/mol. The Balaban J connectivity index is 1.41. The molecule has 1 heterocycles. The van der Waals surface area contributed by atoms with Crippen molar-refractivity contribution in [3.05, 3.63) is 29.6 Å². The SMILES string of the molecule is O=C(Nc1ccc(-c2csc(NC(=O)C3CC3)n2)cc1)C1CC1. The van der Waals surface area contributed by atoms with Gasteiger partial charge in [0.2, 0.25) is 11.8 Å². The third-order valence-electron chi connectivity index (χ3n) is 4.08. The fraction of sp³-hybridized carbons (Fsp3) is 0.353. The highest BCUT2D eigenvalue weighted by molar-refractivity contribution is 7.14. The molecule has 0 unspecified atom stereocenters. The van der Waals surface area contributed by atoms with E-state index in [4.69, 9.17) is 0 Å². The molecule has 2 N–H and O–H groups in total. The van der Waals surface area contributed by atoms with Crippen LogP contribution in [-0.4, -0.2) is 16.8 Å². The number of carbonyl (C=O) groups excluding carboxylic acids is 2. The van der Waals surface area contributed by atoms with Gasteiger partial charge in [-0.1, -0.05) is 12.1 Å². The molecule has 2 aromatic rings. The highest BCUT2D eigenvalue weighted by Gasteiger charge is 2.30. The predicted octanol–water partition coefficient (Wildman–Crippen LogP) is 3.51. The second-order valence-electron chi connectivity index (χ2n) is 6.14. The predicted molar refractivity (Wildman–Crippen MR) is 90.3 cm³/mol. The first-order valence-electron chi connectivity index (χ1n) is 7.87. The fourth-order valence-corrected chi connectivity index (χ4v) is 3.05. The van der Waals surface area contributed by atoms with Gasteiger partial charge in [-0.2, -0.15) is 0 Å². The van der Waals surface area contributed by atoms with E-state index in [9.17, 15) is 9.59 Å². The summed E-state index contributed by atoms with van der Waals surface area (Å²) in [6.07, 6.45) is 3.96. The lowest BCUT2D eigenvalue weighted by molar-refractivity contribution is -0.118. The molecule has 2 fully saturated rings. The first-order chi connectivity index (χ1) is 11.2. The van der Waals surface area contributed by atoms with Gasteiger partial charge in [-0.15, -0.1) is 11.3 Å². The number of amides is 2. The Morgan fingerprint density at radius 3 is 2.17 bits per heavy atom.